The highest BCUT2D eigenvalue weighted by Gasteiger charge is 2.29. The molecule has 1 aromatic rings. The van der Waals surface area contributed by atoms with Crippen LogP contribution >= 0.6 is 11.6 Å². The summed E-state index contributed by atoms with van der Waals surface area (Å²) in [5, 5.41) is 4.62. The number of benzene rings is 1. The smallest absolute Gasteiger partial charge is 0.375 e. The van der Waals surface area contributed by atoms with Crippen molar-refractivity contribution in [1.82, 2.24) is 4.90 Å². The third-order valence-corrected chi connectivity index (χ3v) is 2.69. The Balaban J connectivity index is 2.09. The standard InChI is InChI=1S/C12H14ClN3O2/c1-2-18-12(17)11(16-7-8-16)15-14-10-6-4-3-5-9(10)13/h3-6,14H,2,7-8H2,1H3/b15-11+. The van der Waals surface area contributed by atoms with E-state index in [1.807, 2.05) is 17.0 Å². The van der Waals surface area contributed by atoms with Gasteiger partial charge in [0.05, 0.1) is 17.3 Å². The second kappa shape index (κ2) is 5.73. The first kappa shape index (κ1) is 12.7. The van der Waals surface area contributed by atoms with Gasteiger partial charge in [-0.25, -0.2) is 4.79 Å². The van der Waals surface area contributed by atoms with E-state index in [1.165, 1.54) is 0 Å². The fraction of sp³-hybridized carbons (Fsp3) is 0.333. The van der Waals surface area contributed by atoms with Crippen molar-refractivity contribution in [3.8, 4) is 0 Å². The molecule has 0 unspecified atom stereocenters. The number of anilines is 1. The van der Waals surface area contributed by atoms with Crippen LogP contribution in [0.25, 0.3) is 0 Å². The number of para-hydroxylation sites is 1. The lowest BCUT2D eigenvalue weighted by atomic mass is 10.3. The Kier molecular flexibility index (Phi) is 4.04. The SMILES string of the molecule is CCOC(=O)/C(=N\Nc1ccccc1Cl)N1CC1. The summed E-state index contributed by atoms with van der Waals surface area (Å²) in [5.74, 6) is -0.133. The molecule has 1 aliphatic heterocycles. The molecule has 6 heteroatoms. The molecule has 1 N–H and O–H groups in total. The molecule has 96 valence electrons. The average molecular weight is 268 g/mol. The Hall–Kier alpha value is -1.75. The molecule has 0 aliphatic carbocycles. The van der Waals surface area contributed by atoms with Gasteiger partial charge in [0.25, 0.3) is 0 Å². The maximum absolute atomic E-state index is 11.7. The molecular weight excluding hydrogens is 254 g/mol. The summed E-state index contributed by atoms with van der Waals surface area (Å²) in [4.78, 5) is 13.5. The molecule has 0 atom stereocenters. The minimum absolute atomic E-state index is 0.289. The molecule has 1 aromatic carbocycles. The molecular formula is C12H14ClN3O2. The number of hydrogen-bond donors (Lipinski definition) is 1. The first-order valence-corrected chi connectivity index (χ1v) is 6.10. The van der Waals surface area contributed by atoms with Gasteiger partial charge < -0.3 is 9.64 Å². The number of hydrazone groups is 1. The summed E-state index contributed by atoms with van der Waals surface area (Å²) in [6.07, 6.45) is 0. The summed E-state index contributed by atoms with van der Waals surface area (Å²) in [6, 6.07) is 7.21. The van der Waals surface area contributed by atoms with Crippen LogP contribution in [-0.2, 0) is 9.53 Å². The van der Waals surface area contributed by atoms with E-state index in [1.54, 1.807) is 19.1 Å². The second-order valence-corrected chi connectivity index (χ2v) is 4.14. The Labute approximate surface area is 110 Å². The average Bonchev–Trinajstić information content (AvgIpc) is 3.16. The van der Waals surface area contributed by atoms with E-state index in [0.29, 0.717) is 17.3 Å². The molecule has 1 heterocycles. The predicted octanol–water partition coefficient (Wildman–Crippen LogP) is 1.94. The maximum atomic E-state index is 11.7. The minimum atomic E-state index is -0.422. The highest BCUT2D eigenvalue weighted by Crippen LogP contribution is 2.20. The molecule has 18 heavy (non-hydrogen) atoms. The van der Waals surface area contributed by atoms with Crippen molar-refractivity contribution in [2.45, 2.75) is 6.92 Å². The highest BCUT2D eigenvalue weighted by molar-refractivity contribution is 6.36. The van der Waals surface area contributed by atoms with E-state index in [-0.39, 0.29) is 5.84 Å². The Morgan fingerprint density at radius 2 is 2.22 bits per heavy atom. The molecule has 1 fully saturated rings. The van der Waals surface area contributed by atoms with Gasteiger partial charge in [-0.15, -0.1) is 5.10 Å². The Morgan fingerprint density at radius 3 is 2.83 bits per heavy atom. The molecule has 0 bridgehead atoms. The van der Waals surface area contributed by atoms with Crippen molar-refractivity contribution in [1.29, 1.82) is 0 Å². The topological polar surface area (TPSA) is 53.7 Å². The van der Waals surface area contributed by atoms with Crippen LogP contribution in [0.3, 0.4) is 0 Å². The molecule has 0 saturated carbocycles. The van der Waals surface area contributed by atoms with E-state index in [2.05, 4.69) is 10.5 Å². The van der Waals surface area contributed by atoms with Crippen molar-refractivity contribution < 1.29 is 9.53 Å². The van der Waals surface area contributed by atoms with Gasteiger partial charge in [-0.05, 0) is 19.1 Å². The summed E-state index contributed by atoms with van der Waals surface area (Å²) < 4.78 is 4.94. The van der Waals surface area contributed by atoms with E-state index >= 15 is 0 Å². The second-order valence-electron chi connectivity index (χ2n) is 3.73. The van der Waals surface area contributed by atoms with Crippen molar-refractivity contribution >= 4 is 29.1 Å². The predicted molar refractivity (Wildman–Crippen MR) is 70.7 cm³/mol. The highest BCUT2D eigenvalue weighted by atomic mass is 35.5. The molecule has 2 rings (SSSR count). The van der Waals surface area contributed by atoms with Crippen LogP contribution in [0.4, 0.5) is 5.69 Å². The number of ether oxygens (including phenoxy) is 1. The van der Waals surface area contributed by atoms with Crippen molar-refractivity contribution in [3.63, 3.8) is 0 Å². The fourth-order valence-electron chi connectivity index (χ4n) is 1.37. The zero-order valence-electron chi connectivity index (χ0n) is 10.0. The van der Waals surface area contributed by atoms with Crippen LogP contribution < -0.4 is 5.43 Å². The minimum Gasteiger partial charge on any atom is -0.460 e. The summed E-state index contributed by atoms with van der Waals surface area (Å²) >= 11 is 5.98. The van der Waals surface area contributed by atoms with Crippen LogP contribution in [-0.4, -0.2) is 36.4 Å². The normalized spacial score (nSPS) is 14.3. The van der Waals surface area contributed by atoms with Gasteiger partial charge in [0, 0.05) is 13.1 Å². The molecule has 0 radical (unpaired) electrons. The van der Waals surface area contributed by atoms with Crippen LogP contribution in [0.15, 0.2) is 29.4 Å². The lowest BCUT2D eigenvalue weighted by Crippen LogP contribution is -2.26. The van der Waals surface area contributed by atoms with Crippen LogP contribution in [0.5, 0.6) is 0 Å². The summed E-state index contributed by atoms with van der Waals surface area (Å²) in [6.45, 7) is 3.74. The number of amidine groups is 1. The van der Waals surface area contributed by atoms with Gasteiger partial charge in [-0.2, -0.15) is 0 Å². The zero-order valence-corrected chi connectivity index (χ0v) is 10.8. The number of rotatable bonds is 3. The number of carbonyl (C=O) groups excluding carboxylic acids is 1. The third kappa shape index (κ3) is 3.13. The van der Waals surface area contributed by atoms with Crippen molar-refractivity contribution in [2.24, 2.45) is 5.10 Å². The number of nitrogens with one attached hydrogen (secondary N) is 1. The summed E-state index contributed by atoms with van der Waals surface area (Å²) in [7, 11) is 0. The molecule has 0 amide bonds. The lowest BCUT2D eigenvalue weighted by molar-refractivity contribution is -0.135. The number of hydrogen-bond acceptors (Lipinski definition) is 4. The van der Waals surface area contributed by atoms with Gasteiger partial charge in [-0.3, -0.25) is 5.43 Å². The molecule has 0 spiro atoms. The van der Waals surface area contributed by atoms with Gasteiger partial charge in [-0.1, -0.05) is 23.7 Å². The molecule has 0 aromatic heterocycles. The molecule has 1 saturated heterocycles. The third-order valence-electron chi connectivity index (χ3n) is 2.36. The number of carbonyl (C=O) groups is 1. The molecule has 1 aliphatic rings. The lowest BCUT2D eigenvalue weighted by Gasteiger charge is -2.08. The Morgan fingerprint density at radius 1 is 1.50 bits per heavy atom. The first-order chi connectivity index (χ1) is 8.72. The van der Waals surface area contributed by atoms with Crippen molar-refractivity contribution in [2.75, 3.05) is 25.1 Å². The number of halogens is 1. The van der Waals surface area contributed by atoms with Gasteiger partial charge in [0.1, 0.15) is 0 Å². The van der Waals surface area contributed by atoms with E-state index < -0.39 is 5.97 Å². The Bertz CT molecular complexity index is 472. The van der Waals surface area contributed by atoms with Crippen molar-refractivity contribution in [3.05, 3.63) is 29.3 Å². The number of esters is 1. The zero-order chi connectivity index (χ0) is 13.0. The monoisotopic (exact) mass is 267 g/mol. The van der Waals surface area contributed by atoms with Gasteiger partial charge in [0.2, 0.25) is 5.84 Å². The fourth-order valence-corrected chi connectivity index (χ4v) is 1.55. The quantitative estimate of drug-likeness (QED) is 0.299. The maximum Gasteiger partial charge on any atom is 0.375 e. The van der Waals surface area contributed by atoms with Gasteiger partial charge in [0.15, 0.2) is 0 Å². The van der Waals surface area contributed by atoms with E-state index in [0.717, 1.165) is 13.1 Å². The van der Waals surface area contributed by atoms with E-state index in [4.69, 9.17) is 16.3 Å². The largest absolute Gasteiger partial charge is 0.460 e. The van der Waals surface area contributed by atoms with Crippen LogP contribution in [0.2, 0.25) is 5.02 Å². The number of nitrogens with zero attached hydrogens (tertiary/aromatic N) is 2. The van der Waals surface area contributed by atoms with Gasteiger partial charge >= 0.3 is 5.97 Å². The van der Waals surface area contributed by atoms with Crippen LogP contribution in [0.1, 0.15) is 6.92 Å². The van der Waals surface area contributed by atoms with E-state index in [9.17, 15) is 4.79 Å². The molecule has 5 nitrogen and oxygen atoms in total. The first-order valence-electron chi connectivity index (χ1n) is 5.72. The van der Waals surface area contributed by atoms with Crippen LogP contribution in [0, 0.1) is 0 Å². The summed E-state index contributed by atoms with van der Waals surface area (Å²) in [5.41, 5.74) is 3.44.